The summed E-state index contributed by atoms with van der Waals surface area (Å²) in [5, 5.41) is 6.94. The summed E-state index contributed by atoms with van der Waals surface area (Å²) in [5.41, 5.74) is 0.805. The first-order valence-electron chi connectivity index (χ1n) is 7.84. The van der Waals surface area contributed by atoms with Crippen LogP contribution in [0.2, 0.25) is 0 Å². The normalized spacial score (nSPS) is 17.0. The van der Waals surface area contributed by atoms with Crippen LogP contribution in [0.15, 0.2) is 41.2 Å². The summed E-state index contributed by atoms with van der Waals surface area (Å²) in [5.74, 6) is -0.642. The molecule has 126 valence electrons. The van der Waals surface area contributed by atoms with Gasteiger partial charge >= 0.3 is 0 Å². The number of hydrogen-bond acceptors (Lipinski definition) is 4. The van der Waals surface area contributed by atoms with Gasteiger partial charge in [-0.3, -0.25) is 9.59 Å². The first-order valence-corrected chi connectivity index (χ1v) is 7.84. The molecule has 0 spiro atoms. The first kappa shape index (κ1) is 16.3. The number of amides is 1. The van der Waals surface area contributed by atoms with Crippen molar-refractivity contribution < 1.29 is 13.9 Å². The molecule has 7 heteroatoms. The average Bonchev–Trinajstić information content (AvgIpc) is 3.09. The third kappa shape index (κ3) is 4.05. The second-order valence-electron chi connectivity index (χ2n) is 5.66. The van der Waals surface area contributed by atoms with E-state index in [1.54, 1.807) is 18.2 Å². The Bertz CT molecular complexity index is 767. The number of nitrogens with zero attached hydrogens (tertiary/aromatic N) is 2. The smallest absolute Gasteiger partial charge is 0.267 e. The maximum atomic E-state index is 13.0. The predicted octanol–water partition coefficient (Wildman–Crippen LogP) is 1.34. The Hall–Kier alpha value is -2.54. The number of rotatable bonds is 5. The molecule has 0 unspecified atom stereocenters. The molecule has 2 aromatic rings. The highest BCUT2D eigenvalue weighted by molar-refractivity contribution is 5.75. The molecule has 24 heavy (non-hydrogen) atoms. The first-order chi connectivity index (χ1) is 11.6. The fourth-order valence-corrected chi connectivity index (χ4v) is 2.56. The molecular formula is C17H18FN3O3. The second-order valence-corrected chi connectivity index (χ2v) is 5.66. The second kappa shape index (κ2) is 7.35. The van der Waals surface area contributed by atoms with Crippen LogP contribution >= 0.6 is 0 Å². The van der Waals surface area contributed by atoms with Gasteiger partial charge in [0.1, 0.15) is 12.4 Å². The van der Waals surface area contributed by atoms with Crippen LogP contribution in [0.25, 0.3) is 11.3 Å². The number of halogens is 1. The van der Waals surface area contributed by atoms with E-state index in [4.69, 9.17) is 4.74 Å². The van der Waals surface area contributed by atoms with Gasteiger partial charge in [-0.05, 0) is 43.2 Å². The summed E-state index contributed by atoms with van der Waals surface area (Å²) in [6.07, 6.45) is 1.98. The molecule has 1 aliphatic heterocycles. The largest absolute Gasteiger partial charge is 0.376 e. The molecular weight excluding hydrogens is 313 g/mol. The van der Waals surface area contributed by atoms with Crippen LogP contribution in [0, 0.1) is 5.82 Å². The lowest BCUT2D eigenvalue weighted by Crippen LogP contribution is -2.37. The highest BCUT2D eigenvalue weighted by atomic mass is 19.1. The van der Waals surface area contributed by atoms with E-state index >= 15 is 0 Å². The minimum atomic E-state index is -0.367. The summed E-state index contributed by atoms with van der Waals surface area (Å²) < 4.78 is 19.5. The molecule has 0 aliphatic carbocycles. The predicted molar refractivity (Wildman–Crippen MR) is 85.9 cm³/mol. The lowest BCUT2D eigenvalue weighted by atomic mass is 10.1. The van der Waals surface area contributed by atoms with Crippen molar-refractivity contribution in [3.05, 3.63) is 52.6 Å². The summed E-state index contributed by atoms with van der Waals surface area (Å²) in [7, 11) is 0. The van der Waals surface area contributed by atoms with E-state index in [-0.39, 0.29) is 29.9 Å². The maximum absolute atomic E-state index is 13.0. The van der Waals surface area contributed by atoms with Crippen molar-refractivity contribution in [3.63, 3.8) is 0 Å². The molecule has 1 saturated heterocycles. The number of ether oxygens (including phenoxy) is 1. The molecule has 1 N–H and O–H groups in total. The Morgan fingerprint density at radius 1 is 1.29 bits per heavy atom. The number of benzene rings is 1. The summed E-state index contributed by atoms with van der Waals surface area (Å²) in [6.45, 7) is 0.993. The van der Waals surface area contributed by atoms with Gasteiger partial charge < -0.3 is 10.1 Å². The van der Waals surface area contributed by atoms with Crippen molar-refractivity contribution in [1.82, 2.24) is 15.1 Å². The molecule has 1 aromatic carbocycles. The van der Waals surface area contributed by atoms with Gasteiger partial charge in [-0.25, -0.2) is 9.07 Å². The van der Waals surface area contributed by atoms with Gasteiger partial charge in [-0.1, -0.05) is 0 Å². The van der Waals surface area contributed by atoms with Crippen LogP contribution in [-0.4, -0.2) is 34.9 Å². The van der Waals surface area contributed by atoms with Crippen LogP contribution in [0.5, 0.6) is 0 Å². The summed E-state index contributed by atoms with van der Waals surface area (Å²) >= 11 is 0. The van der Waals surface area contributed by atoms with Crippen molar-refractivity contribution in [1.29, 1.82) is 0 Å². The van der Waals surface area contributed by atoms with Gasteiger partial charge in [0.25, 0.3) is 5.56 Å². The lowest BCUT2D eigenvalue weighted by molar-refractivity contribution is -0.122. The molecule has 1 aliphatic rings. The third-order valence-corrected chi connectivity index (χ3v) is 3.85. The Morgan fingerprint density at radius 3 is 2.79 bits per heavy atom. The number of carbonyl (C=O) groups is 1. The topological polar surface area (TPSA) is 73.2 Å². The molecule has 3 rings (SSSR count). The SMILES string of the molecule is O=C(Cn1nc(-c2ccc(F)cc2)ccc1=O)NC[C@H]1CCCO1. The molecule has 1 aromatic heterocycles. The number of hydrogen-bond donors (Lipinski definition) is 1. The van der Waals surface area contributed by atoms with Crippen molar-refractivity contribution >= 4 is 5.91 Å². The van der Waals surface area contributed by atoms with Gasteiger partial charge in [0.05, 0.1) is 11.8 Å². The number of nitrogens with one attached hydrogen (secondary N) is 1. The minimum Gasteiger partial charge on any atom is -0.376 e. The molecule has 1 amide bonds. The zero-order valence-corrected chi connectivity index (χ0v) is 13.1. The van der Waals surface area contributed by atoms with Crippen molar-refractivity contribution in [2.24, 2.45) is 0 Å². The van der Waals surface area contributed by atoms with Crippen molar-refractivity contribution in [3.8, 4) is 11.3 Å². The maximum Gasteiger partial charge on any atom is 0.267 e. The van der Waals surface area contributed by atoms with Gasteiger partial charge in [-0.2, -0.15) is 5.10 Å². The van der Waals surface area contributed by atoms with Gasteiger partial charge in [-0.15, -0.1) is 0 Å². The molecule has 0 bridgehead atoms. The zero-order chi connectivity index (χ0) is 16.9. The fourth-order valence-electron chi connectivity index (χ4n) is 2.56. The molecule has 1 fully saturated rings. The Labute approximate surface area is 138 Å². The van der Waals surface area contributed by atoms with Gasteiger partial charge in [0.2, 0.25) is 5.91 Å². The van der Waals surface area contributed by atoms with Crippen molar-refractivity contribution in [2.75, 3.05) is 13.2 Å². The van der Waals surface area contributed by atoms with Gasteiger partial charge in [0, 0.05) is 24.8 Å². The van der Waals surface area contributed by atoms with E-state index in [1.165, 1.54) is 18.2 Å². The third-order valence-electron chi connectivity index (χ3n) is 3.85. The highest BCUT2D eigenvalue weighted by Crippen LogP contribution is 2.15. The number of aromatic nitrogens is 2. The van der Waals surface area contributed by atoms with Crippen LogP contribution in [0.1, 0.15) is 12.8 Å². The van der Waals surface area contributed by atoms with Crippen molar-refractivity contribution in [2.45, 2.75) is 25.5 Å². The van der Waals surface area contributed by atoms with E-state index in [0.29, 0.717) is 17.8 Å². The van der Waals surface area contributed by atoms with E-state index in [9.17, 15) is 14.0 Å². The Morgan fingerprint density at radius 2 is 2.08 bits per heavy atom. The minimum absolute atomic E-state index is 0.0455. The molecule has 0 radical (unpaired) electrons. The van der Waals surface area contributed by atoms with Crippen LogP contribution < -0.4 is 10.9 Å². The summed E-state index contributed by atoms with van der Waals surface area (Å²) in [4.78, 5) is 23.9. The van der Waals surface area contributed by atoms with E-state index in [2.05, 4.69) is 10.4 Å². The highest BCUT2D eigenvalue weighted by Gasteiger charge is 2.16. The van der Waals surface area contributed by atoms with Crippen LogP contribution in [0.4, 0.5) is 4.39 Å². The average molecular weight is 331 g/mol. The standard InChI is InChI=1S/C17H18FN3O3/c18-13-5-3-12(4-6-13)15-7-8-17(23)21(20-15)11-16(22)19-10-14-2-1-9-24-14/h3-8,14H,1-2,9-11H2,(H,19,22)/t14-/m1/s1. The molecule has 0 saturated carbocycles. The molecule has 1 atom stereocenters. The quantitative estimate of drug-likeness (QED) is 0.897. The Kier molecular flexibility index (Phi) is 5.00. The van der Waals surface area contributed by atoms with E-state index < -0.39 is 0 Å². The van der Waals surface area contributed by atoms with E-state index in [1.807, 2.05) is 0 Å². The number of carbonyl (C=O) groups excluding carboxylic acids is 1. The summed E-state index contributed by atoms with van der Waals surface area (Å²) in [6, 6.07) is 8.69. The fraction of sp³-hybridized carbons (Fsp3) is 0.353. The van der Waals surface area contributed by atoms with Gasteiger partial charge in [0.15, 0.2) is 0 Å². The zero-order valence-electron chi connectivity index (χ0n) is 13.1. The monoisotopic (exact) mass is 331 g/mol. The van der Waals surface area contributed by atoms with Crippen LogP contribution in [0.3, 0.4) is 0 Å². The van der Waals surface area contributed by atoms with E-state index in [0.717, 1.165) is 24.1 Å². The lowest BCUT2D eigenvalue weighted by Gasteiger charge is -2.11. The molecule has 2 heterocycles. The molecule has 6 nitrogen and oxygen atoms in total. The van der Waals surface area contributed by atoms with Crippen LogP contribution in [-0.2, 0) is 16.1 Å². The Balaban J connectivity index is 1.68.